The number of para-hydroxylation sites is 1. The molecule has 2 aliphatic rings. The second-order valence-electron chi connectivity index (χ2n) is 9.49. The maximum Gasteiger partial charge on any atom is 0.438 e. The summed E-state index contributed by atoms with van der Waals surface area (Å²) < 4.78 is 24.1. The predicted octanol–water partition coefficient (Wildman–Crippen LogP) is 4.44. The molecule has 2 aromatic carbocycles. The van der Waals surface area contributed by atoms with E-state index < -0.39 is 17.6 Å². The van der Waals surface area contributed by atoms with Gasteiger partial charge in [-0.2, -0.15) is 0 Å². The zero-order chi connectivity index (χ0) is 25.8. The number of aromatic nitrogens is 2. The molecule has 2 heterocycles. The average Bonchev–Trinajstić information content (AvgIpc) is 3.30. The van der Waals surface area contributed by atoms with Crippen LogP contribution in [0.1, 0.15) is 42.6 Å². The fourth-order valence-corrected chi connectivity index (χ4v) is 4.93. The van der Waals surface area contributed by atoms with Gasteiger partial charge >= 0.3 is 17.9 Å². The maximum absolute atomic E-state index is 13.8. The van der Waals surface area contributed by atoms with Gasteiger partial charge < -0.3 is 20.3 Å². The van der Waals surface area contributed by atoms with E-state index in [1.165, 1.54) is 12.1 Å². The van der Waals surface area contributed by atoms with Gasteiger partial charge in [0.1, 0.15) is 11.9 Å². The molecule has 0 radical (unpaired) electrons. The number of hydrogen-bond acceptors (Lipinski definition) is 6. The highest BCUT2D eigenvalue weighted by atomic mass is 19.1. The second kappa shape index (κ2) is 10.9. The number of hydrogen-bond donors (Lipinski definition) is 3. The van der Waals surface area contributed by atoms with Crippen molar-refractivity contribution in [2.24, 2.45) is 5.92 Å². The van der Waals surface area contributed by atoms with Gasteiger partial charge in [-0.25, -0.2) is 18.8 Å². The van der Waals surface area contributed by atoms with Gasteiger partial charge in [0.15, 0.2) is 5.82 Å². The number of benzene rings is 2. The third-order valence-electron chi connectivity index (χ3n) is 6.89. The van der Waals surface area contributed by atoms with Crippen LogP contribution in [0.5, 0.6) is 0 Å². The highest BCUT2D eigenvalue weighted by molar-refractivity contribution is 5.99. The number of carbonyl (C=O) groups is 2. The van der Waals surface area contributed by atoms with Crippen molar-refractivity contribution in [1.29, 1.82) is 0 Å². The number of halogens is 1. The van der Waals surface area contributed by atoms with Crippen molar-refractivity contribution in [2.75, 3.05) is 17.2 Å². The molecule has 1 aliphatic heterocycles. The Labute approximate surface area is 212 Å². The molecule has 1 saturated carbocycles. The minimum Gasteiger partial charge on any atom is -0.446 e. The first-order chi connectivity index (χ1) is 17.9. The van der Waals surface area contributed by atoms with E-state index in [0.29, 0.717) is 43.4 Å². The monoisotopic (exact) mass is 509 g/mol. The van der Waals surface area contributed by atoms with Crippen LogP contribution in [-0.4, -0.2) is 39.8 Å². The van der Waals surface area contributed by atoms with Crippen LogP contribution >= 0.6 is 0 Å². The molecule has 0 spiro atoms. The van der Waals surface area contributed by atoms with E-state index in [2.05, 4.69) is 25.3 Å². The second-order valence-corrected chi connectivity index (χ2v) is 9.49. The van der Waals surface area contributed by atoms with Crippen LogP contribution in [0.2, 0.25) is 0 Å². The third-order valence-corrected chi connectivity index (χ3v) is 6.89. The molecule has 0 atom stereocenters. The maximum atomic E-state index is 13.8. The van der Waals surface area contributed by atoms with Crippen molar-refractivity contribution >= 4 is 23.5 Å². The Kier molecular flexibility index (Phi) is 7.20. The van der Waals surface area contributed by atoms with E-state index in [1.807, 2.05) is 12.1 Å². The first-order valence-electron chi connectivity index (χ1n) is 12.4. The molecule has 37 heavy (non-hydrogen) atoms. The van der Waals surface area contributed by atoms with Crippen molar-refractivity contribution in [3.8, 4) is 0 Å². The van der Waals surface area contributed by atoms with Crippen molar-refractivity contribution in [2.45, 2.75) is 51.2 Å². The number of amides is 3. The highest BCUT2D eigenvalue weighted by Gasteiger charge is 2.28. The van der Waals surface area contributed by atoms with Crippen LogP contribution in [0, 0.1) is 11.7 Å². The van der Waals surface area contributed by atoms with Gasteiger partial charge in [-0.05, 0) is 73.4 Å². The van der Waals surface area contributed by atoms with Crippen LogP contribution in [0.4, 0.5) is 25.4 Å². The van der Waals surface area contributed by atoms with Crippen LogP contribution in [0.3, 0.4) is 0 Å². The lowest BCUT2D eigenvalue weighted by Crippen LogP contribution is -2.39. The van der Waals surface area contributed by atoms with E-state index in [1.54, 1.807) is 23.1 Å². The third kappa shape index (κ3) is 6.16. The minimum absolute atomic E-state index is 0.104. The average molecular weight is 510 g/mol. The molecule has 10 nitrogen and oxygen atoms in total. The molecular weight excluding hydrogens is 481 g/mol. The van der Waals surface area contributed by atoms with E-state index in [-0.39, 0.29) is 17.9 Å². The first-order valence-corrected chi connectivity index (χ1v) is 12.4. The summed E-state index contributed by atoms with van der Waals surface area (Å²) in [6.07, 6.45) is 4.16. The first kappa shape index (κ1) is 24.5. The molecule has 0 saturated heterocycles. The summed E-state index contributed by atoms with van der Waals surface area (Å²) in [5, 5.41) is 8.95. The number of rotatable bonds is 5. The Hall–Kier alpha value is -4.15. The van der Waals surface area contributed by atoms with Gasteiger partial charge in [0.2, 0.25) is 0 Å². The minimum atomic E-state index is -0.543. The molecule has 3 N–H and O–H groups in total. The summed E-state index contributed by atoms with van der Waals surface area (Å²) >= 11 is 0. The van der Waals surface area contributed by atoms with E-state index in [0.717, 1.165) is 36.8 Å². The molecule has 1 fully saturated rings. The van der Waals surface area contributed by atoms with Gasteiger partial charge in [0.25, 0.3) is 0 Å². The number of ether oxygens (including phenoxy) is 1. The Balaban J connectivity index is 1.09. The number of anilines is 2. The SMILES string of the molecule is O=C(Nc1ccc2c(c1)CCN(C(=O)O[C@H]1CC[C@H](Cc3noc(=O)[nH]3)CC1)C2)Nc1ccccc1F. The molecular formula is C26H28FN5O5. The van der Waals surface area contributed by atoms with Gasteiger partial charge in [-0.1, -0.05) is 23.4 Å². The summed E-state index contributed by atoms with van der Waals surface area (Å²) in [7, 11) is 0. The molecule has 11 heteroatoms. The summed E-state index contributed by atoms with van der Waals surface area (Å²) in [5.41, 5.74) is 2.73. The summed E-state index contributed by atoms with van der Waals surface area (Å²) in [4.78, 5) is 40.4. The highest BCUT2D eigenvalue weighted by Crippen LogP contribution is 2.29. The molecule has 1 aromatic heterocycles. The normalized spacial score (nSPS) is 19.1. The standard InChI is InChI=1S/C26H28FN5O5/c27-21-3-1-2-4-22(21)29-24(33)28-19-8-7-18-15-32(12-11-17(18)14-19)26(35)36-20-9-5-16(6-10-20)13-23-30-25(34)37-31-23/h1-4,7-8,14,16,20H,5-6,9-13,15H2,(H2,28,29,33)(H,30,31,34)/t16-,20-. The van der Waals surface area contributed by atoms with Crippen LogP contribution in [0.15, 0.2) is 51.8 Å². The number of urea groups is 1. The molecule has 0 bridgehead atoms. The Morgan fingerprint density at radius 2 is 1.92 bits per heavy atom. The molecule has 194 valence electrons. The summed E-state index contributed by atoms with van der Waals surface area (Å²) in [6.45, 7) is 0.955. The van der Waals surface area contributed by atoms with Gasteiger partial charge in [-0.15, -0.1) is 0 Å². The van der Waals surface area contributed by atoms with Gasteiger partial charge in [0, 0.05) is 25.2 Å². The van der Waals surface area contributed by atoms with Crippen molar-refractivity contribution in [3.05, 3.63) is 75.8 Å². The fourth-order valence-electron chi connectivity index (χ4n) is 4.93. The zero-order valence-electron chi connectivity index (χ0n) is 20.2. The summed E-state index contributed by atoms with van der Waals surface area (Å²) in [5.74, 6) is -0.124. The number of carbonyl (C=O) groups excluding carboxylic acids is 2. The topological polar surface area (TPSA) is 130 Å². The molecule has 1 aliphatic carbocycles. The molecule has 3 aromatic rings. The number of nitrogens with zero attached hydrogens (tertiary/aromatic N) is 2. The lowest BCUT2D eigenvalue weighted by molar-refractivity contribution is 0.0350. The van der Waals surface area contributed by atoms with E-state index in [9.17, 15) is 18.8 Å². The molecule has 3 amide bonds. The van der Waals surface area contributed by atoms with Gasteiger partial charge in [-0.3, -0.25) is 9.51 Å². The predicted molar refractivity (Wildman–Crippen MR) is 133 cm³/mol. The number of aromatic amines is 1. The van der Waals surface area contributed by atoms with Gasteiger partial charge in [0.05, 0.1) is 5.69 Å². The quantitative estimate of drug-likeness (QED) is 0.466. The Morgan fingerprint density at radius 3 is 2.68 bits per heavy atom. The van der Waals surface area contributed by atoms with Crippen LogP contribution < -0.4 is 16.4 Å². The number of H-pyrrole nitrogens is 1. The lowest BCUT2D eigenvalue weighted by Gasteiger charge is -2.32. The fraction of sp³-hybridized carbons (Fsp3) is 0.385. The zero-order valence-corrected chi connectivity index (χ0v) is 20.2. The molecule has 5 rings (SSSR count). The van der Waals surface area contributed by atoms with Crippen molar-refractivity contribution in [1.82, 2.24) is 15.0 Å². The van der Waals surface area contributed by atoms with E-state index in [4.69, 9.17) is 4.74 Å². The largest absolute Gasteiger partial charge is 0.446 e. The number of fused-ring (bicyclic) bond motifs is 1. The van der Waals surface area contributed by atoms with Crippen molar-refractivity contribution in [3.63, 3.8) is 0 Å². The Bertz CT molecular complexity index is 1330. The van der Waals surface area contributed by atoms with Crippen LogP contribution in [-0.2, 0) is 24.1 Å². The molecule has 0 unspecified atom stereocenters. The Morgan fingerprint density at radius 1 is 1.11 bits per heavy atom. The lowest BCUT2D eigenvalue weighted by atomic mass is 9.85. The summed E-state index contributed by atoms with van der Waals surface area (Å²) in [6, 6.07) is 11.0. The van der Waals surface area contributed by atoms with Crippen molar-refractivity contribution < 1.29 is 23.2 Å². The smallest absolute Gasteiger partial charge is 0.438 e. The number of nitrogens with one attached hydrogen (secondary N) is 3. The van der Waals surface area contributed by atoms with E-state index >= 15 is 0 Å². The van der Waals surface area contributed by atoms with Crippen LogP contribution in [0.25, 0.3) is 0 Å².